The highest BCUT2D eigenvalue weighted by Crippen LogP contribution is 2.21. The van der Waals surface area contributed by atoms with E-state index in [0.717, 1.165) is 24.1 Å². The number of rotatable bonds is 2. The minimum atomic E-state index is 0. The molecule has 3 N–H and O–H groups in total. The van der Waals surface area contributed by atoms with Crippen LogP contribution in [-0.2, 0) is 0 Å². The fourth-order valence-electron chi connectivity index (χ4n) is 1.95. The molecule has 3 nitrogen and oxygen atoms in total. The van der Waals surface area contributed by atoms with Gasteiger partial charge in [-0.1, -0.05) is 23.7 Å². The van der Waals surface area contributed by atoms with Gasteiger partial charge in [0.1, 0.15) is 12.6 Å². The maximum atomic E-state index is 5.86. The molecule has 0 saturated carbocycles. The summed E-state index contributed by atoms with van der Waals surface area (Å²) in [7, 11) is 0. The maximum Gasteiger partial charge on any atom is 0.344 e. The van der Waals surface area contributed by atoms with Gasteiger partial charge in [-0.3, -0.25) is 15.6 Å². The van der Waals surface area contributed by atoms with Gasteiger partial charge in [0.05, 0.1) is 6.54 Å². The molecule has 5 heteroatoms. The molecule has 1 atom stereocenters. The molecule has 16 heavy (non-hydrogen) atoms. The third kappa shape index (κ3) is 2.50. The summed E-state index contributed by atoms with van der Waals surface area (Å²) in [6.07, 6.45) is 0. The Hall–Kier alpha value is -0.740. The number of benzene rings is 1. The van der Waals surface area contributed by atoms with E-state index in [1.807, 2.05) is 12.1 Å². The van der Waals surface area contributed by atoms with Crippen molar-refractivity contribution in [1.29, 1.82) is 0 Å². The molecule has 1 aromatic rings. The summed E-state index contributed by atoms with van der Waals surface area (Å²) in [5, 5.41) is 3.94. The van der Waals surface area contributed by atoms with Crippen LogP contribution in [0.2, 0.25) is 5.02 Å². The monoisotopic (exact) mass is 304 g/mol. The van der Waals surface area contributed by atoms with E-state index >= 15 is 0 Å². The molecule has 1 unspecified atom stereocenters. The third-order valence-corrected chi connectivity index (χ3v) is 3.01. The van der Waals surface area contributed by atoms with Crippen LogP contribution >= 0.6 is 28.6 Å². The molecular weight excluding hydrogens is 289 g/mol. The van der Waals surface area contributed by atoms with Crippen molar-refractivity contribution in [3.8, 4) is 0 Å². The highest BCUT2D eigenvalue weighted by Gasteiger charge is 2.28. The van der Waals surface area contributed by atoms with Gasteiger partial charge in [0, 0.05) is 5.02 Å². The van der Waals surface area contributed by atoms with E-state index in [2.05, 4.69) is 28.9 Å². The Morgan fingerprint density at radius 1 is 1.44 bits per heavy atom. The summed E-state index contributed by atoms with van der Waals surface area (Å²) in [5.41, 5.74) is 7.10. The minimum Gasteiger partial charge on any atom is -0.291 e. The van der Waals surface area contributed by atoms with Crippen molar-refractivity contribution in [2.24, 2.45) is 5.73 Å². The van der Waals surface area contributed by atoms with Crippen LogP contribution in [0.15, 0.2) is 24.3 Å². The van der Waals surface area contributed by atoms with Crippen molar-refractivity contribution in [3.05, 3.63) is 34.9 Å². The molecule has 1 aliphatic heterocycles. The molecule has 0 bridgehead atoms. The van der Waals surface area contributed by atoms with Crippen LogP contribution in [0.5, 0.6) is 0 Å². The van der Waals surface area contributed by atoms with Crippen LogP contribution in [0.4, 0.5) is 0 Å². The van der Waals surface area contributed by atoms with E-state index in [1.54, 1.807) is 0 Å². The second kappa shape index (κ2) is 5.55. The van der Waals surface area contributed by atoms with Crippen molar-refractivity contribution < 1.29 is 4.58 Å². The summed E-state index contributed by atoms with van der Waals surface area (Å²) >= 11 is 5.86. The number of hydrogen-bond donors (Lipinski definition) is 2. The van der Waals surface area contributed by atoms with Crippen LogP contribution in [0.1, 0.15) is 18.5 Å². The molecule has 1 aliphatic rings. The Balaban J connectivity index is 0.00000128. The Bertz CT molecular complexity index is 389. The fraction of sp³-hybridized carbons (Fsp3) is 0.364. The molecule has 0 amide bonds. The van der Waals surface area contributed by atoms with E-state index in [9.17, 15) is 0 Å². The normalized spacial score (nSPS) is 19.2. The van der Waals surface area contributed by atoms with E-state index in [0.29, 0.717) is 6.04 Å². The van der Waals surface area contributed by atoms with Gasteiger partial charge in [-0.05, 0) is 24.6 Å². The zero-order chi connectivity index (χ0) is 10.8. The lowest BCUT2D eigenvalue weighted by Crippen LogP contribution is -2.31. The summed E-state index contributed by atoms with van der Waals surface area (Å²) in [6, 6.07) is 8.26. The number of nitrogens with two attached hydrogens (primary N) is 1. The van der Waals surface area contributed by atoms with Crippen molar-refractivity contribution in [2.75, 3.05) is 13.1 Å². The largest absolute Gasteiger partial charge is 0.344 e. The standard InChI is InChI=1S/C11H14ClN3.BrH/c1-2-15-10(7-14-11(15)13)8-3-5-9(12)6-4-8;/h3-6,10H,2,7H2,1H3,(H2,13,14);1H/p+1. The van der Waals surface area contributed by atoms with Gasteiger partial charge < -0.3 is 0 Å². The van der Waals surface area contributed by atoms with Crippen molar-refractivity contribution in [1.82, 2.24) is 5.32 Å². The maximum absolute atomic E-state index is 5.86. The van der Waals surface area contributed by atoms with Crippen LogP contribution in [-0.4, -0.2) is 23.6 Å². The molecule has 0 aliphatic carbocycles. The predicted molar refractivity (Wildman–Crippen MR) is 72.5 cm³/mol. The second-order valence-electron chi connectivity index (χ2n) is 3.62. The second-order valence-corrected chi connectivity index (χ2v) is 4.06. The number of likely N-dealkylation sites (N-methyl/N-ethyl adjacent to an activating group) is 1. The number of nitrogens with zero attached hydrogens (tertiary/aromatic N) is 1. The molecule has 0 radical (unpaired) electrons. The fourth-order valence-corrected chi connectivity index (χ4v) is 2.08. The zero-order valence-electron chi connectivity index (χ0n) is 9.11. The highest BCUT2D eigenvalue weighted by atomic mass is 79.9. The Morgan fingerprint density at radius 2 is 2.06 bits per heavy atom. The lowest BCUT2D eigenvalue weighted by atomic mass is 10.1. The Labute approximate surface area is 111 Å². The number of hydrogen-bond acceptors (Lipinski definition) is 2. The van der Waals surface area contributed by atoms with Crippen LogP contribution in [0.25, 0.3) is 0 Å². The van der Waals surface area contributed by atoms with Crippen molar-refractivity contribution in [2.45, 2.75) is 13.0 Å². The van der Waals surface area contributed by atoms with Gasteiger partial charge in [0.25, 0.3) is 0 Å². The first-order chi connectivity index (χ1) is 7.22. The van der Waals surface area contributed by atoms with E-state index < -0.39 is 0 Å². The van der Waals surface area contributed by atoms with Crippen LogP contribution in [0, 0.1) is 0 Å². The van der Waals surface area contributed by atoms with Gasteiger partial charge in [0.15, 0.2) is 0 Å². The lowest BCUT2D eigenvalue weighted by molar-refractivity contribution is -0.559. The minimum absolute atomic E-state index is 0. The van der Waals surface area contributed by atoms with Gasteiger partial charge in [-0.15, -0.1) is 17.0 Å². The first kappa shape index (κ1) is 13.3. The summed E-state index contributed by atoms with van der Waals surface area (Å²) in [6.45, 7) is 3.87. The molecule has 1 aromatic carbocycles. The molecule has 0 aromatic heterocycles. The quantitative estimate of drug-likeness (QED) is 0.820. The smallest absolute Gasteiger partial charge is 0.291 e. The summed E-state index contributed by atoms with van der Waals surface area (Å²) in [5.74, 6) is 0.762. The molecule has 88 valence electrons. The third-order valence-electron chi connectivity index (χ3n) is 2.76. The van der Waals surface area contributed by atoms with Crippen molar-refractivity contribution in [3.63, 3.8) is 0 Å². The van der Waals surface area contributed by atoms with Gasteiger partial charge in [-0.2, -0.15) is 0 Å². The molecular formula is C11H16BrClN3+. The van der Waals surface area contributed by atoms with Crippen LogP contribution in [0.3, 0.4) is 0 Å². The lowest BCUT2D eigenvalue weighted by Gasteiger charge is -2.12. The van der Waals surface area contributed by atoms with Gasteiger partial charge >= 0.3 is 5.96 Å². The SMILES string of the molecule is Br.CC[N+]1=C(N)NCC1c1ccc(Cl)cc1. The van der Waals surface area contributed by atoms with E-state index in [-0.39, 0.29) is 17.0 Å². The Morgan fingerprint density at radius 3 is 2.62 bits per heavy atom. The summed E-state index contributed by atoms with van der Waals surface area (Å²) in [4.78, 5) is 0. The van der Waals surface area contributed by atoms with E-state index in [1.165, 1.54) is 5.56 Å². The first-order valence-corrected chi connectivity index (χ1v) is 5.48. The molecule has 2 rings (SSSR count). The molecule has 0 spiro atoms. The average molecular weight is 306 g/mol. The number of guanidine groups is 1. The van der Waals surface area contributed by atoms with Gasteiger partial charge in [-0.25, -0.2) is 0 Å². The Kier molecular flexibility index (Phi) is 4.62. The average Bonchev–Trinajstić information content (AvgIpc) is 2.61. The highest BCUT2D eigenvalue weighted by molar-refractivity contribution is 8.93. The molecule has 0 fully saturated rings. The van der Waals surface area contributed by atoms with Crippen molar-refractivity contribution >= 4 is 34.5 Å². The number of nitrogens with one attached hydrogen (secondary N) is 1. The first-order valence-electron chi connectivity index (χ1n) is 5.10. The van der Waals surface area contributed by atoms with E-state index in [4.69, 9.17) is 17.3 Å². The van der Waals surface area contributed by atoms with Gasteiger partial charge in [0.2, 0.25) is 0 Å². The predicted octanol–water partition coefficient (Wildman–Crippen LogP) is 1.91. The number of halogens is 2. The van der Waals surface area contributed by atoms with Crippen LogP contribution < -0.4 is 11.1 Å². The molecule has 0 saturated heterocycles. The zero-order valence-corrected chi connectivity index (χ0v) is 11.6. The topological polar surface area (TPSA) is 41.1 Å². The molecule has 1 heterocycles. The summed E-state index contributed by atoms with van der Waals surface area (Å²) < 4.78 is 2.16.